The van der Waals surface area contributed by atoms with Crippen LogP contribution in [-0.2, 0) is 4.74 Å². The van der Waals surface area contributed by atoms with Gasteiger partial charge in [-0.3, -0.25) is 10.1 Å². The molecule has 2 saturated carbocycles. The first kappa shape index (κ1) is 22.6. The zero-order chi connectivity index (χ0) is 23.5. The normalized spacial score (nSPS) is 21.3. The van der Waals surface area contributed by atoms with E-state index in [9.17, 15) is 14.9 Å². The van der Waals surface area contributed by atoms with E-state index in [0.717, 1.165) is 25.7 Å². The van der Waals surface area contributed by atoms with Gasteiger partial charge in [-0.2, -0.15) is 0 Å². The van der Waals surface area contributed by atoms with Gasteiger partial charge in [-0.05, 0) is 72.1 Å². The summed E-state index contributed by atoms with van der Waals surface area (Å²) in [7, 11) is 0. The first-order chi connectivity index (χ1) is 16.6. The second-order valence-corrected chi connectivity index (χ2v) is 9.76. The summed E-state index contributed by atoms with van der Waals surface area (Å²) in [6.45, 7) is 0. The number of ether oxygens (including phenoxy) is 1. The third-order valence-corrected chi connectivity index (χ3v) is 7.69. The Morgan fingerprint density at radius 1 is 0.824 bits per heavy atom. The molecule has 5 rings (SSSR count). The third kappa shape index (κ3) is 4.56. The Hall–Kier alpha value is -3.21. The van der Waals surface area contributed by atoms with Crippen molar-refractivity contribution in [2.45, 2.75) is 75.7 Å². The average Bonchev–Trinajstić information content (AvgIpc) is 2.89. The van der Waals surface area contributed by atoms with Gasteiger partial charge in [-0.15, -0.1) is 0 Å². The lowest BCUT2D eigenvalue weighted by Gasteiger charge is -2.35. The smallest absolute Gasteiger partial charge is 0.338 e. The Balaban J connectivity index is 1.49. The highest BCUT2D eigenvalue weighted by Crippen LogP contribution is 2.45. The number of nitro groups is 1. The number of carbonyl (C=O) groups is 1. The highest BCUT2D eigenvalue weighted by Gasteiger charge is 2.34. The number of carbonyl (C=O) groups excluding carboxylic acids is 1. The molecule has 0 N–H and O–H groups in total. The van der Waals surface area contributed by atoms with Crippen LogP contribution in [0.5, 0.6) is 0 Å². The van der Waals surface area contributed by atoms with Crippen LogP contribution < -0.4 is 0 Å². The highest BCUT2D eigenvalue weighted by molar-refractivity contribution is 5.90. The number of hydrogen-bond donors (Lipinski definition) is 0. The molecule has 2 fully saturated rings. The summed E-state index contributed by atoms with van der Waals surface area (Å²) in [4.78, 5) is 23.5. The van der Waals surface area contributed by atoms with Crippen LogP contribution in [-0.4, -0.2) is 17.0 Å². The van der Waals surface area contributed by atoms with Gasteiger partial charge in [0, 0.05) is 18.1 Å². The molecule has 2 aliphatic rings. The predicted octanol–water partition coefficient (Wildman–Crippen LogP) is 7.68. The second-order valence-electron chi connectivity index (χ2n) is 9.76. The molecule has 3 aromatic carbocycles. The minimum absolute atomic E-state index is 0.0278. The summed E-state index contributed by atoms with van der Waals surface area (Å²) in [6, 6.07) is 18.9. The maximum Gasteiger partial charge on any atom is 0.338 e. The molecule has 0 spiro atoms. The van der Waals surface area contributed by atoms with Gasteiger partial charge in [0.1, 0.15) is 6.10 Å². The molecule has 0 amide bonds. The molecule has 3 aromatic rings. The molecule has 0 bridgehead atoms. The second kappa shape index (κ2) is 9.96. The molecule has 0 radical (unpaired) electrons. The van der Waals surface area contributed by atoms with Crippen molar-refractivity contribution in [2.75, 3.05) is 0 Å². The molecule has 0 saturated heterocycles. The zero-order valence-corrected chi connectivity index (χ0v) is 19.4. The summed E-state index contributed by atoms with van der Waals surface area (Å²) in [5, 5.41) is 13.5. The van der Waals surface area contributed by atoms with Crippen molar-refractivity contribution in [3.63, 3.8) is 0 Å². The molecule has 5 nitrogen and oxygen atoms in total. The van der Waals surface area contributed by atoms with E-state index in [-0.39, 0.29) is 17.7 Å². The number of rotatable bonds is 5. The zero-order valence-electron chi connectivity index (χ0n) is 19.4. The van der Waals surface area contributed by atoms with Gasteiger partial charge in [0.25, 0.3) is 5.69 Å². The lowest BCUT2D eigenvalue weighted by atomic mass is 9.73. The van der Waals surface area contributed by atoms with E-state index in [4.69, 9.17) is 4.74 Å². The molecular formula is C29H31NO4. The Kier molecular flexibility index (Phi) is 6.61. The number of nitrogens with zero attached hydrogens (tertiary/aromatic N) is 1. The van der Waals surface area contributed by atoms with Gasteiger partial charge in [-0.25, -0.2) is 4.79 Å². The van der Waals surface area contributed by atoms with E-state index >= 15 is 0 Å². The van der Waals surface area contributed by atoms with Crippen LogP contribution in [0, 0.1) is 10.1 Å². The molecule has 2 aliphatic carbocycles. The largest absolute Gasteiger partial charge is 0.458 e. The minimum atomic E-state index is -0.459. The number of nitro benzene ring substituents is 1. The average molecular weight is 458 g/mol. The highest BCUT2D eigenvalue weighted by atomic mass is 16.6. The minimum Gasteiger partial charge on any atom is -0.458 e. The molecule has 2 atom stereocenters. The van der Waals surface area contributed by atoms with E-state index in [1.165, 1.54) is 78.3 Å². The van der Waals surface area contributed by atoms with Crippen molar-refractivity contribution in [3.8, 4) is 0 Å². The van der Waals surface area contributed by atoms with Crippen molar-refractivity contribution in [3.05, 3.63) is 87.5 Å². The summed E-state index contributed by atoms with van der Waals surface area (Å²) in [5.41, 5.74) is 3.16. The number of non-ortho nitro benzene ring substituents is 1. The Bertz CT molecular complexity index is 1180. The summed E-state index contributed by atoms with van der Waals surface area (Å²) >= 11 is 0. The third-order valence-electron chi connectivity index (χ3n) is 7.69. The lowest BCUT2D eigenvalue weighted by Crippen LogP contribution is -2.30. The Labute approximate surface area is 200 Å². The fourth-order valence-electron chi connectivity index (χ4n) is 5.99. The van der Waals surface area contributed by atoms with Gasteiger partial charge < -0.3 is 4.74 Å². The van der Waals surface area contributed by atoms with Crippen LogP contribution in [0.1, 0.15) is 91.1 Å². The first-order valence-electron chi connectivity index (χ1n) is 12.6. The Morgan fingerprint density at radius 3 is 2.29 bits per heavy atom. The maximum absolute atomic E-state index is 13.0. The van der Waals surface area contributed by atoms with Crippen molar-refractivity contribution in [1.29, 1.82) is 0 Å². The molecular weight excluding hydrogens is 426 g/mol. The Morgan fingerprint density at radius 2 is 1.53 bits per heavy atom. The molecule has 5 heteroatoms. The van der Waals surface area contributed by atoms with Gasteiger partial charge in [-0.1, -0.05) is 62.1 Å². The number of esters is 1. The summed E-state index contributed by atoms with van der Waals surface area (Å²) < 4.78 is 6.13. The van der Waals surface area contributed by atoms with Gasteiger partial charge in [0.15, 0.2) is 0 Å². The summed E-state index contributed by atoms with van der Waals surface area (Å²) in [6.07, 6.45) is 10.2. The quantitative estimate of drug-likeness (QED) is 0.224. The summed E-state index contributed by atoms with van der Waals surface area (Å²) in [5.74, 6) is 0.339. The van der Waals surface area contributed by atoms with Gasteiger partial charge >= 0.3 is 5.97 Å². The number of hydrogen-bond acceptors (Lipinski definition) is 4. The standard InChI is InChI=1S/C29H31NO4/c31-29(22-14-17-23(18-15-22)30(32)33)34-27-13-7-6-12-26(27)28-24-11-5-4-10-21(24)16-19-25(28)20-8-2-1-3-9-20/h4-5,10-11,14-20,26-27H,1-3,6-9,12-13H2/t26-,27+/m0/s1. The predicted molar refractivity (Wildman–Crippen MR) is 133 cm³/mol. The fraction of sp³-hybridized carbons (Fsp3) is 0.414. The van der Waals surface area contributed by atoms with Gasteiger partial charge in [0.2, 0.25) is 0 Å². The van der Waals surface area contributed by atoms with Crippen molar-refractivity contribution < 1.29 is 14.5 Å². The fourth-order valence-corrected chi connectivity index (χ4v) is 5.99. The van der Waals surface area contributed by atoms with E-state index in [0.29, 0.717) is 11.5 Å². The van der Waals surface area contributed by atoms with Crippen LogP contribution in [0.2, 0.25) is 0 Å². The molecule has 34 heavy (non-hydrogen) atoms. The van der Waals surface area contributed by atoms with Crippen molar-refractivity contribution >= 4 is 22.4 Å². The molecule has 0 aromatic heterocycles. The van der Waals surface area contributed by atoms with E-state index < -0.39 is 10.9 Å². The first-order valence-corrected chi connectivity index (χ1v) is 12.6. The topological polar surface area (TPSA) is 69.4 Å². The van der Waals surface area contributed by atoms with E-state index in [1.807, 2.05) is 0 Å². The monoisotopic (exact) mass is 457 g/mol. The molecule has 176 valence electrons. The van der Waals surface area contributed by atoms with Crippen LogP contribution in [0.15, 0.2) is 60.7 Å². The SMILES string of the molecule is O=C(O[C@@H]1CCCC[C@@H]1c1c(C2CCCCC2)ccc2ccccc12)c1ccc([N+](=O)[O-])cc1. The molecule has 0 heterocycles. The van der Waals surface area contributed by atoms with E-state index in [1.54, 1.807) is 0 Å². The maximum atomic E-state index is 13.0. The van der Waals surface area contributed by atoms with E-state index in [2.05, 4.69) is 36.4 Å². The number of benzene rings is 3. The van der Waals surface area contributed by atoms with Gasteiger partial charge in [0.05, 0.1) is 10.5 Å². The van der Waals surface area contributed by atoms with Crippen LogP contribution >= 0.6 is 0 Å². The number of fused-ring (bicyclic) bond motifs is 1. The molecule has 0 unspecified atom stereocenters. The van der Waals surface area contributed by atoms with Crippen LogP contribution in [0.25, 0.3) is 10.8 Å². The lowest BCUT2D eigenvalue weighted by molar-refractivity contribution is -0.384. The van der Waals surface area contributed by atoms with Crippen molar-refractivity contribution in [2.24, 2.45) is 0 Å². The van der Waals surface area contributed by atoms with Crippen molar-refractivity contribution in [1.82, 2.24) is 0 Å². The van der Waals surface area contributed by atoms with Crippen LogP contribution in [0.4, 0.5) is 5.69 Å². The van der Waals surface area contributed by atoms with Crippen LogP contribution in [0.3, 0.4) is 0 Å². The molecule has 0 aliphatic heterocycles.